The highest BCUT2D eigenvalue weighted by atomic mass is 16.5. The van der Waals surface area contributed by atoms with Gasteiger partial charge in [-0.1, -0.05) is 19.0 Å². The fourth-order valence-corrected chi connectivity index (χ4v) is 1.93. The van der Waals surface area contributed by atoms with Crippen LogP contribution in [0.3, 0.4) is 0 Å². The van der Waals surface area contributed by atoms with Crippen LogP contribution in [0.2, 0.25) is 0 Å². The van der Waals surface area contributed by atoms with Crippen LogP contribution in [0.5, 0.6) is 0 Å². The third-order valence-corrected chi connectivity index (χ3v) is 3.81. The Morgan fingerprint density at radius 1 is 1.52 bits per heavy atom. The van der Waals surface area contributed by atoms with E-state index >= 15 is 0 Å². The first-order valence-electron chi connectivity index (χ1n) is 7.02. The quantitative estimate of drug-likeness (QED) is 0.864. The Labute approximate surface area is 126 Å². The fraction of sp³-hybridized carbons (Fsp3) is 0.667. The smallest absolute Gasteiger partial charge is 0.235 e. The number of carbonyl (C=O) groups excluding carboxylic acids is 1. The van der Waals surface area contributed by atoms with Gasteiger partial charge in [0, 0.05) is 12.1 Å². The number of aryl methyl sites for hydroxylation is 2. The molecule has 6 heteroatoms. The second-order valence-corrected chi connectivity index (χ2v) is 5.99. The van der Waals surface area contributed by atoms with E-state index in [0.29, 0.717) is 6.54 Å². The van der Waals surface area contributed by atoms with Crippen molar-refractivity contribution in [1.29, 1.82) is 5.26 Å². The van der Waals surface area contributed by atoms with Gasteiger partial charge in [0.2, 0.25) is 5.91 Å². The van der Waals surface area contributed by atoms with Crippen molar-refractivity contribution in [2.75, 3.05) is 13.6 Å². The maximum absolute atomic E-state index is 12.1. The maximum Gasteiger partial charge on any atom is 0.235 e. The highest BCUT2D eigenvalue weighted by Crippen LogP contribution is 2.16. The van der Waals surface area contributed by atoms with Crippen LogP contribution in [0.4, 0.5) is 0 Å². The lowest BCUT2D eigenvalue weighted by Crippen LogP contribution is -2.51. The van der Waals surface area contributed by atoms with Gasteiger partial charge in [0.25, 0.3) is 0 Å². The minimum atomic E-state index is -0.846. The molecule has 0 fully saturated rings. The largest absolute Gasteiger partial charge is 0.361 e. The van der Waals surface area contributed by atoms with E-state index in [1.165, 1.54) is 0 Å². The summed E-state index contributed by atoms with van der Waals surface area (Å²) >= 11 is 0. The molecule has 1 N–H and O–H groups in total. The van der Waals surface area contributed by atoms with Gasteiger partial charge in [-0.05, 0) is 33.7 Å². The number of carbonyl (C=O) groups is 1. The van der Waals surface area contributed by atoms with Crippen molar-refractivity contribution in [3.05, 3.63) is 17.0 Å². The lowest BCUT2D eigenvalue weighted by molar-refractivity contribution is -0.123. The van der Waals surface area contributed by atoms with Crippen LogP contribution in [0.25, 0.3) is 0 Å². The summed E-state index contributed by atoms with van der Waals surface area (Å²) in [6.07, 6.45) is 0. The molecule has 0 aromatic carbocycles. The molecule has 6 nitrogen and oxygen atoms in total. The van der Waals surface area contributed by atoms with E-state index in [0.717, 1.165) is 17.0 Å². The molecule has 0 radical (unpaired) electrons. The average molecular weight is 292 g/mol. The zero-order valence-corrected chi connectivity index (χ0v) is 13.6. The third kappa shape index (κ3) is 4.30. The monoisotopic (exact) mass is 292 g/mol. The molecule has 0 unspecified atom stereocenters. The van der Waals surface area contributed by atoms with Crippen molar-refractivity contribution in [2.24, 2.45) is 5.92 Å². The number of nitrogens with zero attached hydrogens (tertiary/aromatic N) is 3. The Bertz CT molecular complexity index is 525. The van der Waals surface area contributed by atoms with Gasteiger partial charge in [0.05, 0.1) is 18.3 Å². The lowest BCUT2D eigenvalue weighted by atomic mass is 9.90. The van der Waals surface area contributed by atoms with Crippen LogP contribution >= 0.6 is 0 Å². The van der Waals surface area contributed by atoms with Crippen molar-refractivity contribution >= 4 is 5.91 Å². The molecule has 0 saturated heterocycles. The molecule has 1 amide bonds. The van der Waals surface area contributed by atoms with Crippen molar-refractivity contribution in [1.82, 2.24) is 15.4 Å². The summed E-state index contributed by atoms with van der Waals surface area (Å²) in [5.41, 5.74) is 0.988. The first-order chi connectivity index (χ1) is 9.69. The molecule has 0 bridgehead atoms. The van der Waals surface area contributed by atoms with Gasteiger partial charge in [0.15, 0.2) is 0 Å². The van der Waals surface area contributed by atoms with E-state index in [1.807, 2.05) is 39.6 Å². The van der Waals surface area contributed by atoms with Crippen LogP contribution in [0, 0.1) is 31.1 Å². The van der Waals surface area contributed by atoms with Crippen molar-refractivity contribution < 1.29 is 9.32 Å². The van der Waals surface area contributed by atoms with Gasteiger partial charge in [0.1, 0.15) is 11.3 Å². The highest BCUT2D eigenvalue weighted by Gasteiger charge is 2.30. The summed E-state index contributed by atoms with van der Waals surface area (Å²) in [6, 6.07) is 2.17. The molecule has 1 aromatic heterocycles. The number of rotatable bonds is 6. The molecule has 0 aliphatic heterocycles. The molecule has 116 valence electrons. The number of nitriles is 1. The summed E-state index contributed by atoms with van der Waals surface area (Å²) < 4.78 is 5.11. The van der Waals surface area contributed by atoms with E-state index in [9.17, 15) is 10.1 Å². The first-order valence-corrected chi connectivity index (χ1v) is 7.02. The molecule has 1 atom stereocenters. The average Bonchev–Trinajstić information content (AvgIpc) is 2.69. The predicted octanol–water partition coefficient (Wildman–Crippen LogP) is 1.78. The van der Waals surface area contributed by atoms with Gasteiger partial charge in [-0.3, -0.25) is 9.69 Å². The van der Waals surface area contributed by atoms with Gasteiger partial charge in [-0.15, -0.1) is 0 Å². The van der Waals surface area contributed by atoms with E-state index in [2.05, 4.69) is 16.5 Å². The number of hydrogen-bond acceptors (Lipinski definition) is 5. The molecule has 0 aliphatic carbocycles. The Morgan fingerprint density at radius 3 is 2.57 bits per heavy atom. The highest BCUT2D eigenvalue weighted by molar-refractivity contribution is 5.79. The minimum Gasteiger partial charge on any atom is -0.361 e. The number of aromatic nitrogens is 1. The zero-order chi connectivity index (χ0) is 16.2. The topological polar surface area (TPSA) is 82.2 Å². The van der Waals surface area contributed by atoms with Crippen LogP contribution in [-0.2, 0) is 11.3 Å². The van der Waals surface area contributed by atoms with E-state index in [-0.39, 0.29) is 18.4 Å². The van der Waals surface area contributed by atoms with Crippen molar-refractivity contribution in [3.8, 4) is 6.07 Å². The van der Waals surface area contributed by atoms with Gasteiger partial charge < -0.3 is 9.84 Å². The Morgan fingerprint density at radius 2 is 2.14 bits per heavy atom. The Hall–Kier alpha value is -1.87. The molecule has 1 aromatic rings. The number of amides is 1. The van der Waals surface area contributed by atoms with E-state index in [1.54, 1.807) is 6.92 Å². The predicted molar refractivity (Wildman–Crippen MR) is 79.3 cm³/mol. The van der Waals surface area contributed by atoms with E-state index in [4.69, 9.17) is 4.52 Å². The minimum absolute atomic E-state index is 0.0410. The Kier molecular flexibility index (Phi) is 5.50. The molecule has 0 saturated carbocycles. The standard InChI is InChI=1S/C15H24N4O2/c1-10(2)15(5,9-16)17-14(20)8-19(6)7-13-11(3)18-21-12(13)4/h10H,7-8H2,1-6H3,(H,17,20)/t15-/m0/s1. The normalized spacial score (nSPS) is 14.0. The molecule has 0 spiro atoms. The van der Waals surface area contributed by atoms with Crippen LogP contribution < -0.4 is 5.32 Å². The SMILES string of the molecule is Cc1noc(C)c1CN(C)CC(=O)N[C@@](C)(C#N)C(C)C. The lowest BCUT2D eigenvalue weighted by Gasteiger charge is -2.28. The second kappa shape index (κ2) is 6.72. The molecular formula is C15H24N4O2. The van der Waals surface area contributed by atoms with Crippen LogP contribution in [-0.4, -0.2) is 35.1 Å². The van der Waals surface area contributed by atoms with Crippen molar-refractivity contribution in [3.63, 3.8) is 0 Å². The van der Waals surface area contributed by atoms with Gasteiger partial charge in [-0.2, -0.15) is 5.26 Å². The number of nitrogens with one attached hydrogen (secondary N) is 1. The first kappa shape index (κ1) is 17.2. The summed E-state index contributed by atoms with van der Waals surface area (Å²) in [7, 11) is 1.85. The summed E-state index contributed by atoms with van der Waals surface area (Å²) in [4.78, 5) is 14.0. The molecule has 0 aliphatic rings. The third-order valence-electron chi connectivity index (χ3n) is 3.81. The van der Waals surface area contributed by atoms with Gasteiger partial charge >= 0.3 is 0 Å². The molecule has 1 heterocycles. The summed E-state index contributed by atoms with van der Waals surface area (Å²) in [5, 5.41) is 15.9. The maximum atomic E-state index is 12.1. The fourth-order valence-electron chi connectivity index (χ4n) is 1.93. The Balaban J connectivity index is 2.61. The molecule has 1 rings (SSSR count). The second-order valence-electron chi connectivity index (χ2n) is 5.99. The van der Waals surface area contributed by atoms with Crippen LogP contribution in [0.1, 0.15) is 37.8 Å². The molecular weight excluding hydrogens is 268 g/mol. The summed E-state index contributed by atoms with van der Waals surface area (Å²) in [5.74, 6) is 0.644. The van der Waals surface area contributed by atoms with Crippen LogP contribution in [0.15, 0.2) is 4.52 Å². The summed E-state index contributed by atoms with van der Waals surface area (Å²) in [6.45, 7) is 10.1. The van der Waals surface area contributed by atoms with Crippen molar-refractivity contribution in [2.45, 2.75) is 46.7 Å². The molecule has 21 heavy (non-hydrogen) atoms. The number of likely N-dealkylation sites (N-methyl/N-ethyl adjacent to an activating group) is 1. The van der Waals surface area contributed by atoms with Gasteiger partial charge in [-0.25, -0.2) is 0 Å². The zero-order valence-electron chi connectivity index (χ0n) is 13.6. The number of hydrogen-bond donors (Lipinski definition) is 1. The van der Waals surface area contributed by atoms with E-state index < -0.39 is 5.54 Å².